The number of piperazine rings is 1. The summed E-state index contributed by atoms with van der Waals surface area (Å²) in [4.78, 5) is 28.5. The molecule has 3 rings (SSSR count). The summed E-state index contributed by atoms with van der Waals surface area (Å²) in [6, 6.07) is 12.8. The van der Waals surface area contributed by atoms with Crippen LogP contribution in [-0.2, 0) is 16.0 Å². The SMILES string of the molecule is COc1cccc(CC(=O)N2CCN(C(=O)COc3ccc(Cl)c(C)c3)CC2)c1. The van der Waals surface area contributed by atoms with Crippen LogP contribution in [0.15, 0.2) is 42.5 Å². The van der Waals surface area contributed by atoms with E-state index in [0.717, 1.165) is 16.9 Å². The smallest absolute Gasteiger partial charge is 0.260 e. The van der Waals surface area contributed by atoms with Gasteiger partial charge in [0.25, 0.3) is 5.91 Å². The average molecular weight is 417 g/mol. The Bertz CT molecular complexity index is 879. The molecule has 0 radical (unpaired) electrons. The van der Waals surface area contributed by atoms with Crippen molar-refractivity contribution in [2.75, 3.05) is 39.9 Å². The summed E-state index contributed by atoms with van der Waals surface area (Å²) >= 11 is 6.00. The molecule has 2 aromatic rings. The monoisotopic (exact) mass is 416 g/mol. The highest BCUT2D eigenvalue weighted by molar-refractivity contribution is 6.31. The fourth-order valence-electron chi connectivity index (χ4n) is 3.22. The summed E-state index contributed by atoms with van der Waals surface area (Å²) in [6.07, 6.45) is 0.324. The third-order valence-corrected chi connectivity index (χ3v) is 5.39. The molecule has 0 aromatic heterocycles. The van der Waals surface area contributed by atoms with E-state index in [-0.39, 0.29) is 18.4 Å². The molecule has 0 unspecified atom stereocenters. The lowest BCUT2D eigenvalue weighted by molar-refractivity contribution is -0.140. The number of amides is 2. The molecule has 1 heterocycles. The molecular formula is C22H25ClN2O4. The summed E-state index contributed by atoms with van der Waals surface area (Å²) in [5.74, 6) is 1.32. The topological polar surface area (TPSA) is 59.1 Å². The van der Waals surface area contributed by atoms with E-state index in [2.05, 4.69) is 0 Å². The number of hydrogen-bond acceptors (Lipinski definition) is 4. The van der Waals surface area contributed by atoms with Crippen molar-refractivity contribution in [3.8, 4) is 11.5 Å². The van der Waals surface area contributed by atoms with E-state index in [1.54, 1.807) is 29.0 Å². The van der Waals surface area contributed by atoms with Gasteiger partial charge in [-0.25, -0.2) is 0 Å². The minimum Gasteiger partial charge on any atom is -0.497 e. The van der Waals surface area contributed by atoms with Crippen molar-refractivity contribution >= 4 is 23.4 Å². The van der Waals surface area contributed by atoms with Gasteiger partial charge in [-0.15, -0.1) is 0 Å². The summed E-state index contributed by atoms with van der Waals surface area (Å²) in [5.41, 5.74) is 1.82. The first-order valence-electron chi connectivity index (χ1n) is 9.53. The van der Waals surface area contributed by atoms with Crippen LogP contribution in [0.1, 0.15) is 11.1 Å². The molecule has 154 valence electrons. The van der Waals surface area contributed by atoms with Gasteiger partial charge in [-0.1, -0.05) is 23.7 Å². The maximum atomic E-state index is 12.6. The fourth-order valence-corrected chi connectivity index (χ4v) is 3.33. The Morgan fingerprint density at radius 1 is 0.966 bits per heavy atom. The number of halogens is 1. The molecule has 1 aliphatic heterocycles. The van der Waals surface area contributed by atoms with E-state index < -0.39 is 0 Å². The van der Waals surface area contributed by atoms with Gasteiger partial charge in [0.1, 0.15) is 11.5 Å². The van der Waals surface area contributed by atoms with Crippen molar-refractivity contribution in [2.24, 2.45) is 0 Å². The van der Waals surface area contributed by atoms with Gasteiger partial charge in [0.05, 0.1) is 13.5 Å². The van der Waals surface area contributed by atoms with Gasteiger partial charge < -0.3 is 19.3 Å². The van der Waals surface area contributed by atoms with Crippen LogP contribution in [-0.4, -0.2) is 61.5 Å². The van der Waals surface area contributed by atoms with Crippen molar-refractivity contribution in [1.29, 1.82) is 0 Å². The van der Waals surface area contributed by atoms with E-state index >= 15 is 0 Å². The molecule has 0 spiro atoms. The predicted octanol–water partition coefficient (Wildman–Crippen LogP) is 2.95. The Morgan fingerprint density at radius 2 is 1.66 bits per heavy atom. The lowest BCUT2D eigenvalue weighted by Gasteiger charge is -2.34. The molecular weight excluding hydrogens is 392 g/mol. The Balaban J connectivity index is 1.45. The van der Waals surface area contributed by atoms with Crippen LogP contribution in [0.2, 0.25) is 5.02 Å². The molecule has 0 bridgehead atoms. The van der Waals surface area contributed by atoms with Gasteiger partial charge in [0, 0.05) is 31.2 Å². The van der Waals surface area contributed by atoms with Crippen LogP contribution in [0.5, 0.6) is 11.5 Å². The van der Waals surface area contributed by atoms with Crippen LogP contribution in [0.3, 0.4) is 0 Å². The van der Waals surface area contributed by atoms with Crippen LogP contribution in [0.4, 0.5) is 0 Å². The van der Waals surface area contributed by atoms with E-state index in [0.29, 0.717) is 43.4 Å². The van der Waals surface area contributed by atoms with E-state index in [1.807, 2.05) is 37.3 Å². The second-order valence-electron chi connectivity index (χ2n) is 6.99. The van der Waals surface area contributed by atoms with Crippen molar-refractivity contribution < 1.29 is 19.1 Å². The van der Waals surface area contributed by atoms with Crippen molar-refractivity contribution in [1.82, 2.24) is 9.80 Å². The lowest BCUT2D eigenvalue weighted by atomic mass is 10.1. The molecule has 0 atom stereocenters. The third kappa shape index (κ3) is 5.64. The normalized spacial score (nSPS) is 13.9. The summed E-state index contributed by atoms with van der Waals surface area (Å²) in [6.45, 7) is 3.91. The van der Waals surface area contributed by atoms with Crippen LogP contribution < -0.4 is 9.47 Å². The third-order valence-electron chi connectivity index (χ3n) is 4.97. The number of nitrogens with zero attached hydrogens (tertiary/aromatic N) is 2. The Labute approximate surface area is 176 Å². The maximum absolute atomic E-state index is 12.6. The Hall–Kier alpha value is -2.73. The molecule has 0 aliphatic carbocycles. The first-order chi connectivity index (χ1) is 14.0. The van der Waals surface area contributed by atoms with Crippen LogP contribution >= 0.6 is 11.6 Å². The number of rotatable bonds is 6. The van der Waals surface area contributed by atoms with Gasteiger partial charge in [0.15, 0.2) is 6.61 Å². The van der Waals surface area contributed by atoms with Crippen molar-refractivity contribution in [3.05, 3.63) is 58.6 Å². The Morgan fingerprint density at radius 3 is 2.31 bits per heavy atom. The molecule has 2 aromatic carbocycles. The van der Waals surface area contributed by atoms with Gasteiger partial charge in [0.2, 0.25) is 5.91 Å². The molecule has 0 N–H and O–H groups in total. The standard InChI is InChI=1S/C22H25ClN2O4/c1-16-12-19(6-7-20(16)23)29-15-22(27)25-10-8-24(9-11-25)21(26)14-17-4-3-5-18(13-17)28-2/h3-7,12-13H,8-11,14-15H2,1-2H3. The van der Waals surface area contributed by atoms with E-state index in [9.17, 15) is 9.59 Å². The van der Waals surface area contributed by atoms with Gasteiger partial charge in [-0.05, 0) is 48.4 Å². The molecule has 29 heavy (non-hydrogen) atoms. The molecule has 1 saturated heterocycles. The molecule has 0 saturated carbocycles. The number of carbonyl (C=O) groups excluding carboxylic acids is 2. The minimum atomic E-state index is -0.0857. The molecule has 1 aliphatic rings. The van der Waals surface area contributed by atoms with Crippen molar-refractivity contribution in [2.45, 2.75) is 13.3 Å². The number of hydrogen-bond donors (Lipinski definition) is 0. The largest absolute Gasteiger partial charge is 0.497 e. The minimum absolute atomic E-state index is 0.0289. The number of benzene rings is 2. The lowest BCUT2D eigenvalue weighted by Crippen LogP contribution is -2.52. The molecule has 7 heteroatoms. The average Bonchev–Trinajstić information content (AvgIpc) is 2.74. The quantitative estimate of drug-likeness (QED) is 0.726. The first kappa shape index (κ1) is 21.0. The second-order valence-corrected chi connectivity index (χ2v) is 7.40. The second kappa shape index (κ2) is 9.65. The first-order valence-corrected chi connectivity index (χ1v) is 9.91. The summed E-state index contributed by atoms with van der Waals surface area (Å²) in [5, 5.41) is 0.665. The number of carbonyl (C=O) groups is 2. The highest BCUT2D eigenvalue weighted by Gasteiger charge is 2.24. The predicted molar refractivity (Wildman–Crippen MR) is 112 cm³/mol. The highest BCUT2D eigenvalue weighted by atomic mass is 35.5. The van der Waals surface area contributed by atoms with Crippen LogP contribution in [0.25, 0.3) is 0 Å². The molecule has 2 amide bonds. The summed E-state index contributed by atoms with van der Waals surface area (Å²) < 4.78 is 10.8. The molecule has 6 nitrogen and oxygen atoms in total. The highest BCUT2D eigenvalue weighted by Crippen LogP contribution is 2.21. The van der Waals surface area contributed by atoms with Crippen molar-refractivity contribution in [3.63, 3.8) is 0 Å². The van der Waals surface area contributed by atoms with Gasteiger partial charge in [-0.2, -0.15) is 0 Å². The number of methoxy groups -OCH3 is 1. The number of ether oxygens (including phenoxy) is 2. The zero-order chi connectivity index (χ0) is 20.8. The van der Waals surface area contributed by atoms with Gasteiger partial charge in [-0.3, -0.25) is 9.59 Å². The van der Waals surface area contributed by atoms with Gasteiger partial charge >= 0.3 is 0 Å². The molecule has 1 fully saturated rings. The maximum Gasteiger partial charge on any atom is 0.260 e. The zero-order valence-corrected chi connectivity index (χ0v) is 17.4. The van der Waals surface area contributed by atoms with E-state index in [1.165, 1.54) is 0 Å². The Kier molecular flexibility index (Phi) is 6.99. The fraction of sp³-hybridized carbons (Fsp3) is 0.364. The van der Waals surface area contributed by atoms with Crippen LogP contribution in [0, 0.1) is 6.92 Å². The summed E-state index contributed by atoms with van der Waals surface area (Å²) in [7, 11) is 1.61. The zero-order valence-electron chi connectivity index (χ0n) is 16.7. The van der Waals surface area contributed by atoms with E-state index in [4.69, 9.17) is 21.1 Å². The number of aryl methyl sites for hydroxylation is 1.